The topological polar surface area (TPSA) is 53.9 Å². The number of ether oxygens (including phenoxy) is 1. The number of hydrogen-bond acceptors (Lipinski definition) is 4. The van der Waals surface area contributed by atoms with Crippen LogP contribution in [0.2, 0.25) is 10.0 Å². The summed E-state index contributed by atoms with van der Waals surface area (Å²) in [6.07, 6.45) is 0. The second-order valence-electron chi connectivity index (χ2n) is 6.82. The van der Waals surface area contributed by atoms with Gasteiger partial charge in [-0.2, -0.15) is 0 Å². The van der Waals surface area contributed by atoms with E-state index in [1.165, 1.54) is 0 Å². The zero-order valence-electron chi connectivity index (χ0n) is 15.1. The fourth-order valence-electron chi connectivity index (χ4n) is 3.65. The van der Waals surface area contributed by atoms with E-state index in [-0.39, 0.29) is 5.91 Å². The summed E-state index contributed by atoms with van der Waals surface area (Å²) in [5, 5.41) is 5.47. The lowest BCUT2D eigenvalue weighted by molar-refractivity contribution is -0.135. The summed E-state index contributed by atoms with van der Waals surface area (Å²) < 4.78 is 6.14. The predicted molar refractivity (Wildman–Crippen MR) is 113 cm³/mol. The van der Waals surface area contributed by atoms with Crippen LogP contribution in [0, 0.1) is 0 Å². The molecule has 0 bridgehead atoms. The predicted octanol–water partition coefficient (Wildman–Crippen LogP) is 4.67. The number of carbonyl (C=O) groups excluding carboxylic acids is 1. The molecule has 3 aromatic rings. The highest BCUT2D eigenvalue weighted by Gasteiger charge is 2.56. The van der Waals surface area contributed by atoms with Crippen molar-refractivity contribution in [2.75, 3.05) is 4.90 Å². The van der Waals surface area contributed by atoms with Crippen LogP contribution in [0.3, 0.4) is 0 Å². The van der Waals surface area contributed by atoms with E-state index in [1.54, 1.807) is 17.0 Å². The van der Waals surface area contributed by atoms with E-state index in [0.29, 0.717) is 33.6 Å². The van der Waals surface area contributed by atoms with Crippen LogP contribution in [0.5, 0.6) is 0 Å². The van der Waals surface area contributed by atoms with Gasteiger partial charge in [0.05, 0.1) is 17.8 Å². The van der Waals surface area contributed by atoms with Crippen LogP contribution in [0.25, 0.3) is 0 Å². The first-order valence-electron chi connectivity index (χ1n) is 9.03. The number of carbonyl (C=O) groups is 1. The minimum Gasteiger partial charge on any atom is -0.434 e. The number of benzene rings is 3. The molecule has 0 radical (unpaired) electrons. The molecule has 0 saturated heterocycles. The van der Waals surface area contributed by atoms with Gasteiger partial charge in [-0.25, -0.2) is 0 Å². The molecular weight excluding hydrogens is 409 g/mol. The second kappa shape index (κ2) is 6.79. The monoisotopic (exact) mass is 423 g/mol. The van der Waals surface area contributed by atoms with Crippen LogP contribution in [0.1, 0.15) is 16.7 Å². The van der Waals surface area contributed by atoms with Crippen molar-refractivity contribution in [1.82, 2.24) is 5.43 Å². The third-order valence-electron chi connectivity index (χ3n) is 5.04. The molecule has 2 heterocycles. The summed E-state index contributed by atoms with van der Waals surface area (Å²) in [6, 6.07) is 22.1. The fourth-order valence-corrected chi connectivity index (χ4v) is 4.03. The standard InChI is InChI=1S/C22H15Cl2N3O2/c23-16-8-5-7-14(12-16)20-25-26-22(29-20)17-9-2-4-11-19(17)27(21(22)28)13-15-6-1-3-10-18(15)24/h1-12,26H,13H2. The fraction of sp³-hybridized carbons (Fsp3) is 0.0909. The van der Waals surface area contributed by atoms with Gasteiger partial charge in [-0.3, -0.25) is 10.2 Å². The number of amides is 1. The second-order valence-corrected chi connectivity index (χ2v) is 7.67. The van der Waals surface area contributed by atoms with Gasteiger partial charge in [0.25, 0.3) is 5.91 Å². The van der Waals surface area contributed by atoms with E-state index < -0.39 is 5.72 Å². The Kier molecular flexibility index (Phi) is 4.23. The van der Waals surface area contributed by atoms with E-state index in [1.807, 2.05) is 60.7 Å². The number of para-hydroxylation sites is 1. The van der Waals surface area contributed by atoms with Crippen LogP contribution in [-0.2, 0) is 21.8 Å². The van der Waals surface area contributed by atoms with Crippen LogP contribution in [0.15, 0.2) is 77.9 Å². The molecule has 2 aliphatic rings. The first-order valence-corrected chi connectivity index (χ1v) is 9.79. The van der Waals surface area contributed by atoms with Crippen molar-refractivity contribution in [2.24, 2.45) is 5.10 Å². The zero-order valence-corrected chi connectivity index (χ0v) is 16.6. The van der Waals surface area contributed by atoms with Crippen LogP contribution >= 0.6 is 23.2 Å². The third-order valence-corrected chi connectivity index (χ3v) is 5.65. The molecule has 2 aliphatic heterocycles. The average Bonchev–Trinajstić information content (AvgIpc) is 3.27. The molecule has 0 aromatic heterocycles. The number of nitrogens with one attached hydrogen (secondary N) is 1. The number of hydrogen-bond donors (Lipinski definition) is 1. The number of anilines is 1. The molecule has 0 saturated carbocycles. The Labute approximate surface area is 177 Å². The molecule has 1 spiro atoms. The summed E-state index contributed by atoms with van der Waals surface area (Å²) in [5.74, 6) is 0.0645. The number of halogens is 2. The molecule has 1 unspecified atom stereocenters. The lowest BCUT2D eigenvalue weighted by Gasteiger charge is -2.23. The van der Waals surface area contributed by atoms with Gasteiger partial charge >= 0.3 is 5.72 Å². The van der Waals surface area contributed by atoms with E-state index in [2.05, 4.69) is 10.5 Å². The van der Waals surface area contributed by atoms with Gasteiger partial charge in [-0.15, -0.1) is 5.10 Å². The maximum Gasteiger partial charge on any atom is 0.305 e. The van der Waals surface area contributed by atoms with E-state index in [4.69, 9.17) is 27.9 Å². The largest absolute Gasteiger partial charge is 0.434 e. The normalized spacial score (nSPS) is 19.7. The Morgan fingerprint density at radius 1 is 1.00 bits per heavy atom. The highest BCUT2D eigenvalue weighted by Crippen LogP contribution is 2.44. The first kappa shape index (κ1) is 18.0. The summed E-state index contributed by atoms with van der Waals surface area (Å²) >= 11 is 12.4. The molecule has 5 nitrogen and oxygen atoms in total. The third kappa shape index (κ3) is 2.85. The van der Waals surface area contributed by atoms with Crippen molar-refractivity contribution in [1.29, 1.82) is 0 Å². The van der Waals surface area contributed by atoms with Crippen molar-refractivity contribution >= 4 is 40.7 Å². The average molecular weight is 424 g/mol. The molecule has 7 heteroatoms. The molecule has 1 amide bonds. The van der Waals surface area contributed by atoms with Gasteiger partial charge in [0, 0.05) is 15.6 Å². The molecule has 0 fully saturated rings. The molecule has 0 aliphatic carbocycles. The molecule has 1 N–H and O–H groups in total. The van der Waals surface area contributed by atoms with Crippen molar-refractivity contribution in [3.63, 3.8) is 0 Å². The van der Waals surface area contributed by atoms with Gasteiger partial charge in [-0.1, -0.05) is 65.7 Å². The van der Waals surface area contributed by atoms with Gasteiger partial charge in [0.1, 0.15) is 0 Å². The Morgan fingerprint density at radius 3 is 2.62 bits per heavy atom. The molecule has 3 aromatic carbocycles. The van der Waals surface area contributed by atoms with Gasteiger partial charge in [0.2, 0.25) is 5.90 Å². The minimum absolute atomic E-state index is 0.251. The van der Waals surface area contributed by atoms with Gasteiger partial charge in [0.15, 0.2) is 0 Å². The quantitative estimate of drug-likeness (QED) is 0.665. The SMILES string of the molecule is O=C1N(Cc2ccccc2Cl)c2ccccc2C12NN=C(c1cccc(Cl)c1)O2. The van der Waals surface area contributed by atoms with E-state index in [9.17, 15) is 4.79 Å². The zero-order chi connectivity index (χ0) is 20.0. The molecule has 5 rings (SSSR count). The van der Waals surface area contributed by atoms with E-state index in [0.717, 1.165) is 11.3 Å². The highest BCUT2D eigenvalue weighted by atomic mass is 35.5. The summed E-state index contributed by atoms with van der Waals surface area (Å²) in [7, 11) is 0. The number of rotatable bonds is 3. The van der Waals surface area contributed by atoms with Crippen molar-refractivity contribution in [3.8, 4) is 0 Å². The molecule has 29 heavy (non-hydrogen) atoms. The van der Waals surface area contributed by atoms with Crippen LogP contribution in [-0.4, -0.2) is 11.8 Å². The molecular formula is C22H15Cl2N3O2. The van der Waals surface area contributed by atoms with Crippen molar-refractivity contribution in [2.45, 2.75) is 12.3 Å². The number of hydrazone groups is 1. The maximum atomic E-state index is 13.5. The van der Waals surface area contributed by atoms with Crippen LogP contribution < -0.4 is 10.3 Å². The summed E-state index contributed by atoms with van der Waals surface area (Å²) in [4.78, 5) is 15.2. The lowest BCUT2D eigenvalue weighted by atomic mass is 10.1. The highest BCUT2D eigenvalue weighted by molar-refractivity contribution is 6.31. The van der Waals surface area contributed by atoms with Crippen molar-refractivity contribution in [3.05, 3.63) is 99.5 Å². The smallest absolute Gasteiger partial charge is 0.305 e. The van der Waals surface area contributed by atoms with Crippen LogP contribution in [0.4, 0.5) is 5.69 Å². The summed E-state index contributed by atoms with van der Waals surface area (Å²) in [5.41, 5.74) is 4.53. The lowest BCUT2D eigenvalue weighted by Crippen LogP contribution is -2.48. The maximum absolute atomic E-state index is 13.5. The Balaban J connectivity index is 1.52. The Morgan fingerprint density at radius 2 is 1.79 bits per heavy atom. The van der Waals surface area contributed by atoms with E-state index >= 15 is 0 Å². The molecule has 1 atom stereocenters. The van der Waals surface area contributed by atoms with Gasteiger partial charge in [-0.05, 0) is 35.9 Å². The Bertz CT molecular complexity index is 1160. The Hall–Kier alpha value is -3.02. The number of nitrogens with zero attached hydrogens (tertiary/aromatic N) is 2. The van der Waals surface area contributed by atoms with Gasteiger partial charge < -0.3 is 9.64 Å². The minimum atomic E-state index is -1.41. The molecule has 144 valence electrons. The van der Waals surface area contributed by atoms with Crippen molar-refractivity contribution < 1.29 is 9.53 Å². The number of fused-ring (bicyclic) bond motifs is 2. The summed E-state index contributed by atoms with van der Waals surface area (Å²) in [6.45, 7) is 0.328. The first-order chi connectivity index (χ1) is 14.1.